The highest BCUT2D eigenvalue weighted by Gasteiger charge is 2.38. The van der Waals surface area contributed by atoms with E-state index in [0.717, 1.165) is 4.90 Å². The Morgan fingerprint density at radius 1 is 1.20 bits per heavy atom. The minimum absolute atomic E-state index is 0.0585. The van der Waals surface area contributed by atoms with Crippen LogP contribution in [0, 0.1) is 0 Å². The molecule has 0 radical (unpaired) electrons. The first-order chi connectivity index (χ1) is 14.3. The van der Waals surface area contributed by atoms with Crippen molar-refractivity contribution in [2.75, 3.05) is 6.54 Å². The first kappa shape index (κ1) is 20.0. The summed E-state index contributed by atoms with van der Waals surface area (Å²) in [5, 5.41) is 4.09. The topological polar surface area (TPSA) is 115 Å². The lowest BCUT2D eigenvalue weighted by atomic mass is 10.1. The van der Waals surface area contributed by atoms with Gasteiger partial charge in [0.15, 0.2) is 6.10 Å². The van der Waals surface area contributed by atoms with E-state index in [9.17, 15) is 14.4 Å². The van der Waals surface area contributed by atoms with E-state index >= 15 is 0 Å². The molecule has 1 atom stereocenters. The van der Waals surface area contributed by atoms with Crippen molar-refractivity contribution in [1.29, 1.82) is 0 Å². The molecule has 3 aromatic rings. The van der Waals surface area contributed by atoms with Crippen LogP contribution in [0.2, 0.25) is 10.0 Å². The molecule has 0 spiro atoms. The average Bonchev–Trinajstić information content (AvgIpc) is 3.30. The maximum Gasteiger partial charge on any atom is 0.326 e. The van der Waals surface area contributed by atoms with Gasteiger partial charge in [-0.25, -0.2) is 0 Å². The number of imide groups is 1. The third-order valence-corrected chi connectivity index (χ3v) is 5.04. The molecule has 0 saturated heterocycles. The molecule has 1 aromatic carbocycles. The Bertz CT molecular complexity index is 1120. The van der Waals surface area contributed by atoms with Gasteiger partial charge in [0.25, 0.3) is 17.7 Å². The molecule has 2 aromatic heterocycles. The van der Waals surface area contributed by atoms with Crippen molar-refractivity contribution < 1.29 is 23.6 Å². The minimum Gasteiger partial charge on any atom is -0.451 e. The second-order valence-electron chi connectivity index (χ2n) is 6.34. The second-order valence-corrected chi connectivity index (χ2v) is 7.15. The van der Waals surface area contributed by atoms with Crippen LogP contribution in [0.4, 0.5) is 0 Å². The zero-order valence-electron chi connectivity index (χ0n) is 15.3. The molecule has 1 aliphatic heterocycles. The van der Waals surface area contributed by atoms with Gasteiger partial charge in [-0.3, -0.25) is 24.3 Å². The van der Waals surface area contributed by atoms with Crippen LogP contribution in [0.3, 0.4) is 0 Å². The summed E-state index contributed by atoms with van der Waals surface area (Å²) in [6.07, 6.45) is 2.27. The Balaban J connectivity index is 1.43. The average molecular weight is 447 g/mol. The van der Waals surface area contributed by atoms with Crippen LogP contribution in [0.5, 0.6) is 0 Å². The molecule has 0 fully saturated rings. The van der Waals surface area contributed by atoms with Crippen molar-refractivity contribution >= 4 is 41.0 Å². The van der Waals surface area contributed by atoms with E-state index in [1.807, 2.05) is 0 Å². The van der Waals surface area contributed by atoms with Crippen molar-refractivity contribution in [3.8, 4) is 11.4 Å². The van der Waals surface area contributed by atoms with Crippen molar-refractivity contribution in [3.63, 3.8) is 0 Å². The molecule has 3 heterocycles. The lowest BCUT2D eigenvalue weighted by Crippen LogP contribution is -2.36. The number of amides is 2. The number of benzene rings is 1. The first-order valence-corrected chi connectivity index (χ1v) is 9.39. The van der Waals surface area contributed by atoms with Gasteiger partial charge in [0.1, 0.15) is 6.54 Å². The predicted octanol–water partition coefficient (Wildman–Crippen LogP) is 3.34. The quantitative estimate of drug-likeness (QED) is 0.432. The maximum atomic E-state index is 12.5. The SMILES string of the molecule is CC(OC(=O)CN1C(=O)c2cc(Cl)c(Cl)cc2C1=O)c1nc(-c2cccnc2)no1. The van der Waals surface area contributed by atoms with Crippen LogP contribution >= 0.6 is 23.2 Å². The number of rotatable bonds is 5. The number of nitrogens with zero attached hydrogens (tertiary/aromatic N) is 4. The number of hydrogen-bond acceptors (Lipinski definition) is 8. The van der Waals surface area contributed by atoms with Crippen LogP contribution in [0.15, 0.2) is 41.2 Å². The molecule has 0 bridgehead atoms. The summed E-state index contributed by atoms with van der Waals surface area (Å²) in [5.74, 6) is -1.79. The fourth-order valence-corrected chi connectivity index (χ4v) is 3.18. The smallest absolute Gasteiger partial charge is 0.326 e. The van der Waals surface area contributed by atoms with Gasteiger partial charge >= 0.3 is 5.97 Å². The highest BCUT2D eigenvalue weighted by Crippen LogP contribution is 2.31. The number of ether oxygens (including phenoxy) is 1. The van der Waals surface area contributed by atoms with Gasteiger partial charge in [0.2, 0.25) is 5.82 Å². The third-order valence-electron chi connectivity index (χ3n) is 4.32. The van der Waals surface area contributed by atoms with Crippen molar-refractivity contribution in [3.05, 3.63) is 63.7 Å². The Morgan fingerprint density at radius 2 is 1.87 bits per heavy atom. The summed E-state index contributed by atoms with van der Waals surface area (Å²) >= 11 is 11.8. The third kappa shape index (κ3) is 3.64. The molecule has 1 unspecified atom stereocenters. The molecule has 30 heavy (non-hydrogen) atoms. The number of esters is 1. The fourth-order valence-electron chi connectivity index (χ4n) is 2.85. The molecular formula is C19H12Cl2N4O5. The van der Waals surface area contributed by atoms with Crippen molar-refractivity contribution in [1.82, 2.24) is 20.0 Å². The van der Waals surface area contributed by atoms with Gasteiger partial charge in [-0.15, -0.1) is 0 Å². The molecule has 4 rings (SSSR count). The Kier molecular flexibility index (Phi) is 5.23. The zero-order chi connectivity index (χ0) is 21.4. The van der Waals surface area contributed by atoms with E-state index in [1.165, 1.54) is 19.1 Å². The molecule has 0 N–H and O–H groups in total. The number of fused-ring (bicyclic) bond motifs is 1. The number of pyridine rings is 1. The summed E-state index contributed by atoms with van der Waals surface area (Å²) in [4.78, 5) is 46.2. The normalized spacial score (nSPS) is 14.0. The molecule has 1 aliphatic rings. The highest BCUT2D eigenvalue weighted by atomic mass is 35.5. The highest BCUT2D eigenvalue weighted by molar-refractivity contribution is 6.43. The summed E-state index contributed by atoms with van der Waals surface area (Å²) in [7, 11) is 0. The molecule has 0 saturated carbocycles. The van der Waals surface area contributed by atoms with E-state index in [1.54, 1.807) is 24.5 Å². The number of halogens is 2. The standard InChI is InChI=1S/C19H12Cl2N4O5/c1-9(17-23-16(24-30-17)10-3-2-4-22-7-10)29-15(26)8-25-18(27)11-5-13(20)14(21)6-12(11)19(25)28/h2-7,9H,8H2,1H3. The predicted molar refractivity (Wildman–Crippen MR) is 104 cm³/mol. The van der Waals surface area contributed by atoms with Gasteiger partial charge in [0.05, 0.1) is 21.2 Å². The fraction of sp³-hybridized carbons (Fsp3) is 0.158. The van der Waals surface area contributed by atoms with Gasteiger partial charge in [0, 0.05) is 18.0 Å². The van der Waals surface area contributed by atoms with Crippen LogP contribution in [-0.2, 0) is 9.53 Å². The number of aromatic nitrogens is 3. The second kappa shape index (κ2) is 7.85. The Labute approximate surface area is 179 Å². The van der Waals surface area contributed by atoms with Crippen LogP contribution in [-0.4, -0.2) is 44.4 Å². The molecule has 9 nitrogen and oxygen atoms in total. The van der Waals surface area contributed by atoms with Crippen LogP contribution in [0.1, 0.15) is 39.6 Å². The molecule has 11 heteroatoms. The number of carbonyl (C=O) groups is 3. The molecule has 152 valence electrons. The molecule has 2 amide bonds. The number of hydrogen-bond donors (Lipinski definition) is 0. The van der Waals surface area contributed by atoms with Gasteiger partial charge in [-0.1, -0.05) is 28.4 Å². The van der Waals surface area contributed by atoms with E-state index in [-0.39, 0.29) is 32.9 Å². The summed E-state index contributed by atoms with van der Waals surface area (Å²) in [5.41, 5.74) is 0.788. The van der Waals surface area contributed by atoms with E-state index in [4.69, 9.17) is 32.5 Å². The van der Waals surface area contributed by atoms with Gasteiger partial charge < -0.3 is 9.26 Å². The van der Waals surface area contributed by atoms with E-state index < -0.39 is 30.4 Å². The van der Waals surface area contributed by atoms with Crippen molar-refractivity contribution in [2.45, 2.75) is 13.0 Å². The zero-order valence-corrected chi connectivity index (χ0v) is 16.8. The lowest BCUT2D eigenvalue weighted by Gasteiger charge is -2.14. The Morgan fingerprint density at radius 3 is 2.47 bits per heavy atom. The van der Waals surface area contributed by atoms with Crippen LogP contribution in [0.25, 0.3) is 11.4 Å². The summed E-state index contributed by atoms with van der Waals surface area (Å²) < 4.78 is 10.4. The summed E-state index contributed by atoms with van der Waals surface area (Å²) in [6.45, 7) is 0.940. The molecular weight excluding hydrogens is 435 g/mol. The monoisotopic (exact) mass is 446 g/mol. The van der Waals surface area contributed by atoms with Crippen molar-refractivity contribution in [2.24, 2.45) is 0 Å². The van der Waals surface area contributed by atoms with Gasteiger partial charge in [-0.2, -0.15) is 4.98 Å². The Hall–Kier alpha value is -3.30. The largest absolute Gasteiger partial charge is 0.451 e. The number of carbonyl (C=O) groups excluding carboxylic acids is 3. The first-order valence-electron chi connectivity index (χ1n) is 8.64. The minimum atomic E-state index is -0.894. The lowest BCUT2D eigenvalue weighted by molar-refractivity contribution is -0.150. The van der Waals surface area contributed by atoms with Crippen LogP contribution < -0.4 is 0 Å². The molecule has 0 aliphatic carbocycles. The summed E-state index contributed by atoms with van der Waals surface area (Å²) in [6, 6.07) is 6.06. The van der Waals surface area contributed by atoms with E-state index in [2.05, 4.69) is 15.1 Å². The van der Waals surface area contributed by atoms with Gasteiger partial charge in [-0.05, 0) is 31.2 Å². The maximum absolute atomic E-state index is 12.5. The van der Waals surface area contributed by atoms with E-state index in [0.29, 0.717) is 5.56 Å².